The maximum atomic E-state index is 14.6. The van der Waals surface area contributed by atoms with Crippen LogP contribution in [0.1, 0.15) is 86.0 Å². The Labute approximate surface area is 264 Å². The molecule has 5 aliphatic rings. The van der Waals surface area contributed by atoms with Gasteiger partial charge in [-0.3, -0.25) is 19.2 Å². The molecule has 3 saturated carbocycles. The monoisotopic (exact) mass is 688 g/mol. The molecule has 5 rings (SSSR count). The van der Waals surface area contributed by atoms with Crippen molar-refractivity contribution in [1.29, 1.82) is 5.26 Å². The van der Waals surface area contributed by atoms with Crippen molar-refractivity contribution in [2.24, 2.45) is 44.8 Å². The van der Waals surface area contributed by atoms with Gasteiger partial charge in [-0.05, 0) is 79.1 Å². The second-order valence-electron chi connectivity index (χ2n) is 15.5. The second-order valence-corrected chi connectivity index (χ2v) is 17.4. The molecule has 0 saturated heterocycles. The number of carbonyl (C=O) groups is 4. The van der Waals surface area contributed by atoms with E-state index < -0.39 is 19.7 Å². The summed E-state index contributed by atoms with van der Waals surface area (Å²) >= 11 is 2.15. The molecular formula is C34H45IN2O5-. The zero-order chi connectivity index (χ0) is 31.3. The van der Waals surface area contributed by atoms with E-state index in [-0.39, 0.29) is 64.0 Å². The number of esters is 1. The highest BCUT2D eigenvalue weighted by Gasteiger charge is 2.70. The first-order valence-corrected chi connectivity index (χ1v) is 16.4. The average Bonchev–Trinajstić information content (AvgIpc) is 2.91. The van der Waals surface area contributed by atoms with Crippen molar-refractivity contribution in [3.63, 3.8) is 0 Å². The zero-order valence-corrected chi connectivity index (χ0v) is 28.5. The van der Waals surface area contributed by atoms with E-state index in [1.54, 1.807) is 14.1 Å². The normalized spacial score (nSPS) is 43.8. The Morgan fingerprint density at radius 3 is 2.31 bits per heavy atom. The Morgan fingerprint density at radius 1 is 1.07 bits per heavy atom. The highest BCUT2D eigenvalue weighted by atomic mass is 127. The van der Waals surface area contributed by atoms with Gasteiger partial charge in [0.05, 0.1) is 18.1 Å². The molecule has 0 heterocycles. The van der Waals surface area contributed by atoms with Gasteiger partial charge in [-0.25, -0.2) is 0 Å². The van der Waals surface area contributed by atoms with Crippen LogP contribution in [0.3, 0.4) is 0 Å². The third kappa shape index (κ3) is 4.00. The van der Waals surface area contributed by atoms with E-state index in [0.717, 1.165) is 37.7 Å². The van der Waals surface area contributed by atoms with Crippen LogP contribution in [0.5, 0.6) is 0 Å². The molecule has 1 radical (unpaired) electrons. The number of rotatable bonds is 3. The van der Waals surface area contributed by atoms with E-state index in [1.165, 1.54) is 12.0 Å². The van der Waals surface area contributed by atoms with Gasteiger partial charge in [0.2, 0.25) is 5.91 Å². The van der Waals surface area contributed by atoms with Crippen molar-refractivity contribution in [1.82, 2.24) is 4.90 Å². The summed E-state index contributed by atoms with van der Waals surface area (Å²) in [4.78, 5) is 56.3. The fourth-order valence-electron chi connectivity index (χ4n) is 10.2. The van der Waals surface area contributed by atoms with Crippen LogP contribution in [-0.2, 0) is 23.9 Å². The minimum absolute atomic E-state index is 0.00924. The summed E-state index contributed by atoms with van der Waals surface area (Å²) in [6.07, 6.45) is 8.99. The second kappa shape index (κ2) is 9.74. The van der Waals surface area contributed by atoms with Crippen LogP contribution in [0.2, 0.25) is 0 Å². The topological polar surface area (TPSA) is 105 Å². The Hall–Kier alpha value is -2.02. The number of Topliss-reactive ketones (excluding diaryl/α,β-unsaturated/α-hetero) is 1. The summed E-state index contributed by atoms with van der Waals surface area (Å²) in [6, 6.07) is 2.14. The van der Waals surface area contributed by atoms with Crippen molar-refractivity contribution in [3.8, 4) is 6.07 Å². The fraction of sp³-hybridized carbons (Fsp3) is 0.735. The number of methoxy groups -OCH3 is 1. The molecule has 0 aromatic heterocycles. The van der Waals surface area contributed by atoms with Crippen LogP contribution in [0.25, 0.3) is 0 Å². The van der Waals surface area contributed by atoms with Gasteiger partial charge in [-0.15, -0.1) is 0 Å². The average molecular weight is 689 g/mol. The molecule has 8 heteroatoms. The SMILES string of the molecule is COC(=O)[C@]12CCC(C)(C)CC1C1C(=O)C=C3[C@@]4(C)C=C(C#N)C(=O)[C@@]([I-])(CC(=O)N(C)C)C4CC[C@@]3(C)[C@]1(C)CC2. The van der Waals surface area contributed by atoms with E-state index in [9.17, 15) is 24.4 Å². The number of alkyl halides is 1. The van der Waals surface area contributed by atoms with E-state index in [0.29, 0.717) is 12.8 Å². The molecule has 5 aliphatic carbocycles. The summed E-state index contributed by atoms with van der Waals surface area (Å²) in [6.45, 7) is 11.1. The molecule has 0 spiro atoms. The van der Waals surface area contributed by atoms with Crippen molar-refractivity contribution in [2.45, 2.75) is 89.4 Å². The van der Waals surface area contributed by atoms with Crippen LogP contribution in [0.15, 0.2) is 23.3 Å². The first kappa shape index (κ1) is 31.4. The van der Waals surface area contributed by atoms with Crippen molar-refractivity contribution in [2.75, 3.05) is 21.2 Å². The maximum absolute atomic E-state index is 14.6. The number of nitriles is 1. The Morgan fingerprint density at radius 2 is 1.71 bits per heavy atom. The van der Waals surface area contributed by atoms with E-state index in [1.807, 2.05) is 12.2 Å². The van der Waals surface area contributed by atoms with Crippen LogP contribution in [0, 0.1) is 56.2 Å². The number of hydrogen-bond acceptors (Lipinski definition) is 6. The number of allylic oxidation sites excluding steroid dienone is 4. The summed E-state index contributed by atoms with van der Waals surface area (Å²) in [5.41, 5.74) is -1.12. The van der Waals surface area contributed by atoms with Gasteiger partial charge in [-0.2, -0.15) is 5.26 Å². The fourth-order valence-corrected chi connectivity index (χ4v) is 11.8. The van der Waals surface area contributed by atoms with E-state index in [2.05, 4.69) is 63.3 Å². The minimum Gasteiger partial charge on any atom is -0.780 e. The predicted molar refractivity (Wildman–Crippen MR) is 153 cm³/mol. The molecule has 0 aliphatic heterocycles. The van der Waals surface area contributed by atoms with Crippen LogP contribution >= 0.6 is 0 Å². The predicted octanol–water partition coefficient (Wildman–Crippen LogP) is 2.12. The first-order valence-electron chi connectivity index (χ1n) is 15.3. The van der Waals surface area contributed by atoms with Gasteiger partial charge < -0.3 is 32.2 Å². The first-order chi connectivity index (χ1) is 19.4. The largest absolute Gasteiger partial charge is 0.780 e. The Bertz CT molecular complexity index is 1370. The minimum atomic E-state index is -1.09. The standard InChI is InChI=1S/C34H45IN2O5/c1-29(2)11-13-33(28(41)42-8)14-12-32(5)26(21(33)17-29)22(38)15-24-30(3)16-20(19-36)27(40)34(35,18-25(39)37(6)7)23(30)9-10-31(24,32)4/h15-16,21,23,26H,9-14,17-18H2,1-8H3/q-1/t21?,23?,26?,30-,31+,32+,33-,34+/m0/s1. The number of ether oxygens (including phenoxy) is 1. The molecule has 8 atom stereocenters. The molecular weight excluding hydrogens is 643 g/mol. The molecule has 3 unspecified atom stereocenters. The Balaban J connectivity index is 1.68. The van der Waals surface area contributed by atoms with Crippen molar-refractivity contribution in [3.05, 3.63) is 23.3 Å². The lowest BCUT2D eigenvalue weighted by atomic mass is 9.34. The number of hydrogen-bond donors (Lipinski definition) is 0. The zero-order valence-electron chi connectivity index (χ0n) is 26.4. The molecule has 229 valence electrons. The van der Waals surface area contributed by atoms with Gasteiger partial charge in [0, 0.05) is 31.8 Å². The van der Waals surface area contributed by atoms with Gasteiger partial charge in [0.1, 0.15) is 6.07 Å². The molecule has 3 fully saturated rings. The molecule has 7 nitrogen and oxygen atoms in total. The van der Waals surface area contributed by atoms with Gasteiger partial charge in [0.15, 0.2) is 11.6 Å². The highest BCUT2D eigenvalue weighted by molar-refractivity contribution is 6.08. The molecule has 0 aromatic rings. The van der Waals surface area contributed by atoms with Crippen LogP contribution in [0.4, 0.5) is 0 Å². The number of ketones is 2. The van der Waals surface area contributed by atoms with Crippen LogP contribution in [-0.4, -0.2) is 53.0 Å². The number of fused-ring (bicyclic) bond motifs is 7. The van der Waals surface area contributed by atoms with Gasteiger partial charge in [-0.1, -0.05) is 49.7 Å². The third-order valence-electron chi connectivity index (χ3n) is 12.8. The van der Waals surface area contributed by atoms with E-state index >= 15 is 0 Å². The quantitative estimate of drug-likeness (QED) is 0.256. The lowest BCUT2D eigenvalue weighted by Gasteiger charge is -2.70. The number of halogens is 1. The third-order valence-corrected chi connectivity index (χ3v) is 14.5. The van der Waals surface area contributed by atoms with Crippen molar-refractivity contribution < 1.29 is 46.5 Å². The van der Waals surface area contributed by atoms with Crippen molar-refractivity contribution >= 4 is 23.4 Å². The number of amides is 1. The van der Waals surface area contributed by atoms with E-state index in [4.69, 9.17) is 4.74 Å². The summed E-state index contributed by atoms with van der Waals surface area (Å²) in [5.74, 6) is -1.24. The summed E-state index contributed by atoms with van der Waals surface area (Å²) < 4.78 is 4.34. The van der Waals surface area contributed by atoms with Gasteiger partial charge in [0.25, 0.3) is 0 Å². The molecule has 0 aromatic carbocycles. The van der Waals surface area contributed by atoms with Gasteiger partial charge >= 0.3 is 5.97 Å². The lowest BCUT2D eigenvalue weighted by Crippen LogP contribution is -3.45. The molecule has 1 amide bonds. The summed E-state index contributed by atoms with van der Waals surface area (Å²) in [5, 5.41) is 10.1. The number of nitrogens with zero attached hydrogens (tertiary/aromatic N) is 2. The molecule has 42 heavy (non-hydrogen) atoms. The highest BCUT2D eigenvalue weighted by Crippen LogP contribution is 2.74. The number of carbonyl (C=O) groups excluding carboxylic acids is 4. The molecule has 0 N–H and O–H groups in total. The smallest absolute Gasteiger partial charge is 0.312 e. The Kier molecular flexibility index (Phi) is 7.28. The summed E-state index contributed by atoms with van der Waals surface area (Å²) in [7, 11) is 4.83. The maximum Gasteiger partial charge on any atom is 0.312 e. The lowest BCUT2D eigenvalue weighted by molar-refractivity contribution is -0.477. The van der Waals surface area contributed by atoms with Crippen LogP contribution < -0.4 is 22.6 Å². The molecule has 0 bridgehead atoms.